The Balaban J connectivity index is 3.26. The van der Waals surface area contributed by atoms with E-state index in [0.29, 0.717) is 0 Å². The highest BCUT2D eigenvalue weighted by molar-refractivity contribution is 9.10. The van der Waals surface area contributed by atoms with Crippen molar-refractivity contribution < 1.29 is 0 Å². The van der Waals surface area contributed by atoms with E-state index in [1.54, 1.807) is 19.0 Å². The van der Waals surface area contributed by atoms with E-state index in [1.165, 1.54) is 6.34 Å². The van der Waals surface area contributed by atoms with Gasteiger partial charge in [0.2, 0.25) is 0 Å². The normalized spacial score (nSPS) is 9.81. The predicted octanol–water partition coefficient (Wildman–Crippen LogP) is 1.20. The van der Waals surface area contributed by atoms with Crippen molar-refractivity contribution in [2.45, 2.75) is 0 Å². The molecule has 0 aliphatic rings. The number of nitriles is 2. The van der Waals surface area contributed by atoms with Crippen LogP contribution < -0.4 is 0 Å². The maximum atomic E-state index is 8.83. The molecule has 0 saturated carbocycles. The van der Waals surface area contributed by atoms with E-state index in [2.05, 4.69) is 30.9 Å². The molecule has 0 radical (unpaired) electrons. The molecule has 6 nitrogen and oxygen atoms in total. The lowest BCUT2D eigenvalue weighted by atomic mass is 10.4. The Labute approximate surface area is 101 Å². The van der Waals surface area contributed by atoms with E-state index in [9.17, 15) is 0 Å². The summed E-state index contributed by atoms with van der Waals surface area (Å²) in [6, 6.07) is 3.67. The summed E-state index contributed by atoms with van der Waals surface area (Å²) in [6.07, 6.45) is 1.50. The molecule has 0 spiro atoms. The topological polar surface area (TPSA) is 89.0 Å². The number of aliphatic imine (C=N–C) groups is 1. The van der Waals surface area contributed by atoms with Crippen LogP contribution in [0.1, 0.15) is 11.4 Å². The molecule has 0 bridgehead atoms. The van der Waals surface area contributed by atoms with Crippen molar-refractivity contribution in [1.82, 2.24) is 14.9 Å². The zero-order valence-electron chi connectivity index (χ0n) is 8.64. The van der Waals surface area contributed by atoms with Crippen LogP contribution in [0.5, 0.6) is 0 Å². The van der Waals surface area contributed by atoms with Crippen molar-refractivity contribution in [2.24, 2.45) is 4.99 Å². The van der Waals surface area contributed by atoms with Gasteiger partial charge in [0.1, 0.15) is 16.7 Å². The largest absolute Gasteiger partial charge is 0.369 e. The maximum Gasteiger partial charge on any atom is 0.191 e. The summed E-state index contributed by atoms with van der Waals surface area (Å²) < 4.78 is 0.278. The molecule has 0 atom stereocenters. The Morgan fingerprint density at radius 3 is 2.38 bits per heavy atom. The smallest absolute Gasteiger partial charge is 0.191 e. The minimum atomic E-state index is 0.0258. The number of halogens is 1. The van der Waals surface area contributed by atoms with Crippen LogP contribution >= 0.6 is 15.9 Å². The summed E-state index contributed by atoms with van der Waals surface area (Å²) in [5.41, 5.74) is 0.0956. The van der Waals surface area contributed by atoms with Crippen LogP contribution in [0.3, 0.4) is 0 Å². The predicted molar refractivity (Wildman–Crippen MR) is 61.0 cm³/mol. The quantitative estimate of drug-likeness (QED) is 0.599. The summed E-state index contributed by atoms with van der Waals surface area (Å²) in [4.78, 5) is 13.5. The van der Waals surface area contributed by atoms with Crippen LogP contribution in [0.2, 0.25) is 0 Å². The lowest BCUT2D eigenvalue weighted by Crippen LogP contribution is -2.07. The van der Waals surface area contributed by atoms with E-state index in [-0.39, 0.29) is 21.8 Å². The molecule has 0 aliphatic heterocycles. The average Bonchev–Trinajstić information content (AvgIpc) is 2.26. The first-order valence-electron chi connectivity index (χ1n) is 4.17. The van der Waals surface area contributed by atoms with Gasteiger partial charge in [-0.15, -0.1) is 0 Å². The maximum absolute atomic E-state index is 8.83. The van der Waals surface area contributed by atoms with Gasteiger partial charge in [0, 0.05) is 14.1 Å². The second kappa shape index (κ2) is 5.19. The molecule has 0 fully saturated rings. The first-order chi connectivity index (χ1) is 7.58. The third-order valence-electron chi connectivity index (χ3n) is 1.46. The van der Waals surface area contributed by atoms with E-state index in [0.717, 1.165) is 0 Å². The average molecular weight is 279 g/mol. The standard InChI is InChI=1S/C9H7BrN6/c1-16(2)5-13-9-7(4-12)14-6(3-11)8(10)15-9/h5H,1-2H3/b13-5-. The van der Waals surface area contributed by atoms with E-state index >= 15 is 0 Å². The molecule has 0 aromatic carbocycles. The highest BCUT2D eigenvalue weighted by Gasteiger charge is 2.10. The molecule has 1 rings (SSSR count). The molecule has 1 aromatic heterocycles. The van der Waals surface area contributed by atoms with Gasteiger partial charge in [-0.2, -0.15) is 10.5 Å². The molecule has 0 saturated heterocycles. The van der Waals surface area contributed by atoms with Crippen molar-refractivity contribution in [3.8, 4) is 12.1 Å². The molecule has 1 heterocycles. The highest BCUT2D eigenvalue weighted by atomic mass is 79.9. The minimum absolute atomic E-state index is 0.0258. The van der Waals surface area contributed by atoms with Gasteiger partial charge in [-0.05, 0) is 15.9 Å². The first-order valence-corrected chi connectivity index (χ1v) is 4.96. The van der Waals surface area contributed by atoms with E-state index in [4.69, 9.17) is 10.5 Å². The van der Waals surface area contributed by atoms with Crippen molar-refractivity contribution >= 4 is 28.1 Å². The van der Waals surface area contributed by atoms with Crippen LogP contribution in [0, 0.1) is 22.7 Å². The van der Waals surface area contributed by atoms with Gasteiger partial charge in [-0.3, -0.25) is 0 Å². The van der Waals surface area contributed by atoms with Crippen molar-refractivity contribution in [3.05, 3.63) is 16.0 Å². The van der Waals surface area contributed by atoms with Gasteiger partial charge >= 0.3 is 0 Å². The van der Waals surface area contributed by atoms with Gasteiger partial charge in [0.25, 0.3) is 0 Å². The molecule has 0 N–H and O–H groups in total. The minimum Gasteiger partial charge on any atom is -0.369 e. The van der Waals surface area contributed by atoms with Crippen molar-refractivity contribution in [2.75, 3.05) is 14.1 Å². The Hall–Kier alpha value is -1.99. The summed E-state index contributed by atoms with van der Waals surface area (Å²) in [5.74, 6) is 0.182. The van der Waals surface area contributed by atoms with E-state index in [1.807, 2.05) is 12.1 Å². The zero-order chi connectivity index (χ0) is 12.1. The van der Waals surface area contributed by atoms with Gasteiger partial charge in [0.05, 0.1) is 6.34 Å². The van der Waals surface area contributed by atoms with Gasteiger partial charge in [-0.25, -0.2) is 15.0 Å². The third-order valence-corrected chi connectivity index (χ3v) is 2.01. The van der Waals surface area contributed by atoms with Crippen LogP contribution in [0.25, 0.3) is 0 Å². The SMILES string of the molecule is CN(C)/C=N\c1nc(Br)c(C#N)nc1C#N. The van der Waals surface area contributed by atoms with Gasteiger partial charge in [0.15, 0.2) is 17.2 Å². The number of hydrogen-bond acceptors (Lipinski definition) is 5. The van der Waals surface area contributed by atoms with Crippen molar-refractivity contribution in [1.29, 1.82) is 10.5 Å². The first kappa shape index (κ1) is 12.1. The monoisotopic (exact) mass is 278 g/mol. The third kappa shape index (κ3) is 2.75. The molecular weight excluding hydrogens is 272 g/mol. The van der Waals surface area contributed by atoms with Crippen molar-refractivity contribution in [3.63, 3.8) is 0 Å². The van der Waals surface area contributed by atoms with Gasteiger partial charge in [-0.1, -0.05) is 0 Å². The second-order valence-corrected chi connectivity index (χ2v) is 3.72. The lowest BCUT2D eigenvalue weighted by molar-refractivity contribution is 0.643. The fraction of sp³-hybridized carbons (Fsp3) is 0.222. The second-order valence-electron chi connectivity index (χ2n) is 2.97. The molecule has 0 amide bonds. The van der Waals surface area contributed by atoms with Gasteiger partial charge < -0.3 is 4.90 Å². The molecule has 7 heteroatoms. The zero-order valence-corrected chi connectivity index (χ0v) is 10.2. The molecule has 0 aliphatic carbocycles. The molecule has 1 aromatic rings. The molecule has 16 heavy (non-hydrogen) atoms. The molecule has 0 unspecified atom stereocenters. The summed E-state index contributed by atoms with van der Waals surface area (Å²) >= 11 is 3.08. The Kier molecular flexibility index (Phi) is 3.92. The fourth-order valence-electron chi connectivity index (χ4n) is 0.813. The highest BCUT2D eigenvalue weighted by Crippen LogP contribution is 2.19. The van der Waals surface area contributed by atoms with E-state index < -0.39 is 0 Å². The Morgan fingerprint density at radius 1 is 1.25 bits per heavy atom. The Bertz CT molecular complexity index is 508. The van der Waals surface area contributed by atoms with Crippen LogP contribution in [0.15, 0.2) is 9.60 Å². The van der Waals surface area contributed by atoms with Crippen LogP contribution in [0.4, 0.5) is 5.82 Å². The number of nitrogens with zero attached hydrogens (tertiary/aromatic N) is 6. The summed E-state index contributed by atoms with van der Waals surface area (Å²) in [7, 11) is 3.59. The van der Waals surface area contributed by atoms with Crippen LogP contribution in [-0.2, 0) is 0 Å². The number of hydrogen-bond donors (Lipinski definition) is 0. The number of aromatic nitrogens is 2. The fourth-order valence-corrected chi connectivity index (χ4v) is 1.16. The lowest BCUT2D eigenvalue weighted by Gasteiger charge is -2.03. The number of rotatable bonds is 2. The molecular formula is C9H7BrN6. The summed E-state index contributed by atoms with van der Waals surface area (Å²) in [5, 5.41) is 17.5. The van der Waals surface area contributed by atoms with Crippen LogP contribution in [-0.4, -0.2) is 35.3 Å². The Morgan fingerprint density at radius 2 is 1.88 bits per heavy atom. The summed E-state index contributed by atoms with van der Waals surface area (Å²) in [6.45, 7) is 0. The molecule has 80 valence electrons.